The Morgan fingerprint density at radius 1 is 1.38 bits per heavy atom. The van der Waals surface area contributed by atoms with Crippen LogP contribution in [0.15, 0.2) is 30.3 Å². The molecule has 3 heteroatoms. The van der Waals surface area contributed by atoms with Gasteiger partial charge in [0, 0.05) is 6.04 Å². The van der Waals surface area contributed by atoms with Crippen molar-refractivity contribution >= 4 is 5.91 Å². The summed E-state index contributed by atoms with van der Waals surface area (Å²) in [5, 5.41) is 3.26. The molecule has 1 aromatic carbocycles. The first-order valence-corrected chi connectivity index (χ1v) is 8.05. The Morgan fingerprint density at radius 2 is 2.05 bits per heavy atom. The quantitative estimate of drug-likeness (QED) is 0.872. The van der Waals surface area contributed by atoms with Gasteiger partial charge in [-0.05, 0) is 37.7 Å². The Labute approximate surface area is 128 Å². The van der Waals surface area contributed by atoms with Gasteiger partial charge in [-0.3, -0.25) is 4.79 Å². The number of benzene rings is 1. The number of hydrogen-bond donors (Lipinski definition) is 2. The summed E-state index contributed by atoms with van der Waals surface area (Å²) in [6, 6.07) is 10.3. The highest BCUT2D eigenvalue weighted by molar-refractivity contribution is 5.83. The first kappa shape index (κ1) is 16.0. The maximum atomic E-state index is 12.8. The molecule has 1 aliphatic carbocycles. The molecule has 3 atom stereocenters. The number of nitrogens with one attached hydrogen (secondary N) is 1. The summed E-state index contributed by atoms with van der Waals surface area (Å²) >= 11 is 0. The number of carbonyl (C=O) groups excluding carboxylic acids is 1. The van der Waals surface area contributed by atoms with Crippen molar-refractivity contribution in [3.63, 3.8) is 0 Å². The van der Waals surface area contributed by atoms with E-state index in [4.69, 9.17) is 5.73 Å². The van der Waals surface area contributed by atoms with Crippen molar-refractivity contribution in [3.8, 4) is 0 Å². The molecule has 3 nitrogen and oxygen atoms in total. The fourth-order valence-electron chi connectivity index (χ4n) is 3.23. The van der Waals surface area contributed by atoms with Crippen LogP contribution in [-0.4, -0.2) is 11.9 Å². The molecule has 1 fully saturated rings. The van der Waals surface area contributed by atoms with Crippen molar-refractivity contribution < 1.29 is 4.79 Å². The number of rotatable bonds is 5. The predicted octanol–water partition coefficient (Wildman–Crippen LogP) is 3.41. The largest absolute Gasteiger partial charge is 0.349 e. The van der Waals surface area contributed by atoms with Gasteiger partial charge in [0.1, 0.15) is 0 Å². The number of carbonyl (C=O) groups is 1. The summed E-state index contributed by atoms with van der Waals surface area (Å²) in [6.45, 7) is 6.38. The summed E-state index contributed by atoms with van der Waals surface area (Å²) in [5.74, 6) is 0.641. The summed E-state index contributed by atoms with van der Waals surface area (Å²) in [6.07, 6.45) is 3.83. The topological polar surface area (TPSA) is 55.1 Å². The summed E-state index contributed by atoms with van der Waals surface area (Å²) in [7, 11) is 0. The minimum atomic E-state index is -0.413. The Hall–Kier alpha value is -1.35. The van der Waals surface area contributed by atoms with Gasteiger partial charge in [0.2, 0.25) is 5.91 Å². The molecule has 1 aliphatic rings. The number of nitrogens with two attached hydrogens (primary N) is 1. The number of amides is 1. The first-order valence-electron chi connectivity index (χ1n) is 8.05. The summed E-state index contributed by atoms with van der Waals surface area (Å²) < 4.78 is 0. The van der Waals surface area contributed by atoms with Crippen LogP contribution in [0.4, 0.5) is 0 Å². The maximum absolute atomic E-state index is 12.8. The molecule has 1 saturated carbocycles. The molecule has 3 unspecified atom stereocenters. The molecular formula is C18H28N2O. The molecule has 2 rings (SSSR count). The van der Waals surface area contributed by atoms with E-state index >= 15 is 0 Å². The van der Waals surface area contributed by atoms with E-state index < -0.39 is 5.41 Å². The molecule has 0 spiro atoms. The van der Waals surface area contributed by atoms with Gasteiger partial charge in [0.25, 0.3) is 0 Å². The van der Waals surface area contributed by atoms with Crippen LogP contribution in [-0.2, 0) is 4.79 Å². The Balaban J connectivity index is 2.14. The monoisotopic (exact) mass is 288 g/mol. The van der Waals surface area contributed by atoms with Crippen LogP contribution in [0.5, 0.6) is 0 Å². The van der Waals surface area contributed by atoms with Crippen molar-refractivity contribution in [2.24, 2.45) is 17.1 Å². The second kappa shape index (κ2) is 6.61. The van der Waals surface area contributed by atoms with Gasteiger partial charge >= 0.3 is 0 Å². The summed E-state index contributed by atoms with van der Waals surface area (Å²) in [5.41, 5.74) is 6.93. The Morgan fingerprint density at radius 3 is 2.57 bits per heavy atom. The molecule has 1 amide bonds. The van der Waals surface area contributed by atoms with Gasteiger partial charge < -0.3 is 11.1 Å². The fraction of sp³-hybridized carbons (Fsp3) is 0.611. The van der Waals surface area contributed by atoms with Gasteiger partial charge in [-0.25, -0.2) is 0 Å². The average Bonchev–Trinajstić information content (AvgIpc) is 2.80. The molecule has 0 aliphatic heterocycles. The third-order valence-electron chi connectivity index (χ3n) is 4.76. The minimum absolute atomic E-state index is 0.0204. The second-order valence-corrected chi connectivity index (χ2v) is 6.98. The molecule has 1 aromatic rings. The third-order valence-corrected chi connectivity index (χ3v) is 4.76. The lowest BCUT2D eigenvalue weighted by atomic mass is 9.83. The van der Waals surface area contributed by atoms with Crippen molar-refractivity contribution in [2.75, 3.05) is 0 Å². The normalized spacial score (nSPS) is 26.8. The molecule has 0 heterocycles. The van der Waals surface area contributed by atoms with Crippen LogP contribution >= 0.6 is 0 Å². The molecule has 0 radical (unpaired) electrons. The van der Waals surface area contributed by atoms with E-state index in [0.29, 0.717) is 5.92 Å². The van der Waals surface area contributed by atoms with Crippen molar-refractivity contribution in [1.29, 1.82) is 0 Å². The molecule has 0 aromatic heterocycles. The number of hydrogen-bond acceptors (Lipinski definition) is 2. The minimum Gasteiger partial charge on any atom is -0.349 e. The zero-order valence-corrected chi connectivity index (χ0v) is 13.4. The van der Waals surface area contributed by atoms with E-state index in [-0.39, 0.29) is 18.0 Å². The Bertz CT molecular complexity index is 471. The van der Waals surface area contributed by atoms with Gasteiger partial charge in [0.05, 0.1) is 11.5 Å². The van der Waals surface area contributed by atoms with Crippen molar-refractivity contribution in [2.45, 2.75) is 58.5 Å². The van der Waals surface area contributed by atoms with Gasteiger partial charge in [0.15, 0.2) is 0 Å². The average molecular weight is 288 g/mol. The molecule has 21 heavy (non-hydrogen) atoms. The van der Waals surface area contributed by atoms with Gasteiger partial charge in [-0.15, -0.1) is 0 Å². The predicted molar refractivity (Wildman–Crippen MR) is 86.7 cm³/mol. The van der Waals surface area contributed by atoms with Crippen molar-refractivity contribution in [1.82, 2.24) is 5.32 Å². The van der Waals surface area contributed by atoms with E-state index in [2.05, 4.69) is 31.3 Å². The lowest BCUT2D eigenvalue weighted by Crippen LogP contribution is -2.48. The van der Waals surface area contributed by atoms with Crippen LogP contribution < -0.4 is 11.1 Å². The van der Waals surface area contributed by atoms with E-state index in [0.717, 1.165) is 25.7 Å². The smallest absolute Gasteiger partial charge is 0.227 e. The zero-order chi connectivity index (χ0) is 15.5. The third kappa shape index (κ3) is 3.65. The SMILES string of the molecule is CC(C)CC(NC(=O)C1(C)CCCC1N)c1ccccc1. The molecule has 116 valence electrons. The molecular weight excluding hydrogens is 260 g/mol. The van der Waals surface area contributed by atoms with E-state index in [1.165, 1.54) is 5.56 Å². The second-order valence-electron chi connectivity index (χ2n) is 6.98. The maximum Gasteiger partial charge on any atom is 0.227 e. The van der Waals surface area contributed by atoms with Crippen LogP contribution in [0, 0.1) is 11.3 Å². The van der Waals surface area contributed by atoms with Crippen LogP contribution in [0.1, 0.15) is 58.1 Å². The molecule has 0 bridgehead atoms. The highest BCUT2D eigenvalue weighted by Crippen LogP contribution is 2.37. The van der Waals surface area contributed by atoms with Gasteiger partial charge in [-0.1, -0.05) is 50.6 Å². The van der Waals surface area contributed by atoms with E-state index in [1.54, 1.807) is 0 Å². The van der Waals surface area contributed by atoms with Crippen LogP contribution in [0.3, 0.4) is 0 Å². The van der Waals surface area contributed by atoms with E-state index in [9.17, 15) is 4.79 Å². The Kier molecular flexibility index (Phi) is 5.04. The zero-order valence-electron chi connectivity index (χ0n) is 13.4. The lowest BCUT2D eigenvalue weighted by Gasteiger charge is -2.31. The van der Waals surface area contributed by atoms with Crippen LogP contribution in [0.25, 0.3) is 0 Å². The summed E-state index contributed by atoms with van der Waals surface area (Å²) in [4.78, 5) is 12.8. The highest BCUT2D eigenvalue weighted by atomic mass is 16.2. The lowest BCUT2D eigenvalue weighted by molar-refractivity contribution is -0.131. The first-order chi connectivity index (χ1) is 9.93. The van der Waals surface area contributed by atoms with Gasteiger partial charge in [-0.2, -0.15) is 0 Å². The highest BCUT2D eigenvalue weighted by Gasteiger charge is 2.43. The van der Waals surface area contributed by atoms with E-state index in [1.807, 2.05) is 25.1 Å². The molecule has 3 N–H and O–H groups in total. The fourth-order valence-corrected chi connectivity index (χ4v) is 3.23. The van der Waals surface area contributed by atoms with Crippen LogP contribution in [0.2, 0.25) is 0 Å². The standard InChI is InChI=1S/C18H28N2O/c1-13(2)12-15(14-8-5-4-6-9-14)20-17(21)18(3)11-7-10-16(18)19/h4-6,8-9,13,15-16H,7,10-12,19H2,1-3H3,(H,20,21). The van der Waals surface area contributed by atoms with Crippen molar-refractivity contribution in [3.05, 3.63) is 35.9 Å². The molecule has 0 saturated heterocycles.